The third-order valence-corrected chi connectivity index (χ3v) is 1.16. The maximum atomic E-state index is 10.1. The fourth-order valence-electron chi connectivity index (χ4n) is 0.621. The second kappa shape index (κ2) is 2.53. The molecule has 5 nitrogen and oxygen atoms in total. The van der Waals surface area contributed by atoms with Gasteiger partial charge in [-0.3, -0.25) is 0 Å². The average Bonchev–Trinajstić information content (AvgIpc) is 2.33. The molecule has 0 radical (unpaired) electrons. The van der Waals surface area contributed by atoms with E-state index >= 15 is 0 Å². The first kappa shape index (κ1) is 7.46. The lowest BCUT2D eigenvalue weighted by Crippen LogP contribution is -1.87. The van der Waals surface area contributed by atoms with E-state index in [1.165, 1.54) is 6.20 Å². The van der Waals surface area contributed by atoms with Crippen LogP contribution >= 0.6 is 0 Å². The fourth-order valence-corrected chi connectivity index (χ4v) is 0.621. The molecule has 0 aliphatic carbocycles. The first-order valence-corrected chi connectivity index (χ1v) is 2.96. The molecular weight excluding hydrogens is 146 g/mol. The molecule has 0 amide bonds. The van der Waals surface area contributed by atoms with Crippen LogP contribution in [0.5, 0.6) is 0 Å². The number of H-pyrrole nitrogens is 1. The van der Waals surface area contributed by atoms with Gasteiger partial charge < -0.3 is 10.1 Å². The summed E-state index contributed by atoms with van der Waals surface area (Å²) < 4.78 is 0. The monoisotopic (exact) mass is 153 g/mol. The van der Waals surface area contributed by atoms with Crippen LogP contribution in [0.4, 0.5) is 5.82 Å². The van der Waals surface area contributed by atoms with E-state index in [2.05, 4.69) is 16.5 Å². The molecule has 0 aliphatic heterocycles. The molecule has 0 spiro atoms. The van der Waals surface area contributed by atoms with Gasteiger partial charge in [-0.2, -0.15) is 0 Å². The van der Waals surface area contributed by atoms with Crippen molar-refractivity contribution in [2.75, 3.05) is 0 Å². The third-order valence-electron chi connectivity index (χ3n) is 1.16. The van der Waals surface area contributed by atoms with Gasteiger partial charge in [0.15, 0.2) is 0 Å². The summed E-state index contributed by atoms with van der Waals surface area (Å²) in [4.78, 5) is 15.9. The van der Waals surface area contributed by atoms with Crippen molar-refractivity contribution < 1.29 is 4.92 Å². The fraction of sp³-hybridized carbons (Fsp3) is 0.167. The highest BCUT2D eigenvalue weighted by molar-refractivity contribution is 5.55. The molecule has 1 rings (SSSR count). The zero-order chi connectivity index (χ0) is 8.43. The summed E-state index contributed by atoms with van der Waals surface area (Å²) in [7, 11) is 0. The van der Waals surface area contributed by atoms with Crippen LogP contribution in [0, 0.1) is 10.1 Å². The maximum absolute atomic E-state index is 10.1. The van der Waals surface area contributed by atoms with Crippen LogP contribution in [0.3, 0.4) is 0 Å². The number of rotatable bonds is 2. The number of nitrogens with zero attached hydrogens (tertiary/aromatic N) is 2. The minimum Gasteiger partial charge on any atom is -0.358 e. The van der Waals surface area contributed by atoms with Crippen molar-refractivity contribution in [3.05, 3.63) is 28.7 Å². The van der Waals surface area contributed by atoms with Crippen molar-refractivity contribution >= 4 is 11.4 Å². The molecule has 58 valence electrons. The Bertz CT molecular complexity index is 274. The van der Waals surface area contributed by atoms with Crippen molar-refractivity contribution in [2.45, 2.75) is 6.92 Å². The topological polar surface area (TPSA) is 71.8 Å². The van der Waals surface area contributed by atoms with Gasteiger partial charge >= 0.3 is 5.82 Å². The zero-order valence-corrected chi connectivity index (χ0v) is 6.00. The molecule has 0 aliphatic rings. The van der Waals surface area contributed by atoms with E-state index in [1.54, 1.807) is 6.92 Å². The van der Waals surface area contributed by atoms with Crippen molar-refractivity contribution in [3.8, 4) is 0 Å². The van der Waals surface area contributed by atoms with E-state index in [0.717, 1.165) is 0 Å². The minimum absolute atomic E-state index is 0.108. The zero-order valence-electron chi connectivity index (χ0n) is 6.00. The molecule has 0 atom stereocenters. The van der Waals surface area contributed by atoms with Gasteiger partial charge in [0.25, 0.3) is 0 Å². The Morgan fingerprint density at radius 3 is 2.82 bits per heavy atom. The summed E-state index contributed by atoms with van der Waals surface area (Å²) >= 11 is 0. The molecule has 0 saturated carbocycles. The molecule has 0 bridgehead atoms. The SMILES string of the molecule is C=C(C)c1ncc([N+](=O)[O-])[nH]1. The van der Waals surface area contributed by atoms with Crippen molar-refractivity contribution in [1.29, 1.82) is 0 Å². The second-order valence-electron chi connectivity index (χ2n) is 2.15. The van der Waals surface area contributed by atoms with E-state index in [4.69, 9.17) is 0 Å². The summed E-state index contributed by atoms with van der Waals surface area (Å²) in [5, 5.41) is 10.1. The van der Waals surface area contributed by atoms with Crippen LogP contribution in [0.15, 0.2) is 12.8 Å². The predicted octanol–water partition coefficient (Wildman–Crippen LogP) is 1.35. The van der Waals surface area contributed by atoms with Crippen LogP contribution in [-0.4, -0.2) is 14.9 Å². The number of allylic oxidation sites excluding steroid dienone is 1. The van der Waals surface area contributed by atoms with Gasteiger partial charge in [-0.05, 0) is 11.8 Å². The molecule has 1 aromatic rings. The summed E-state index contributed by atoms with van der Waals surface area (Å²) in [6.45, 7) is 5.31. The predicted molar refractivity (Wildman–Crippen MR) is 40.0 cm³/mol. The van der Waals surface area contributed by atoms with Gasteiger partial charge in [-0.25, -0.2) is 9.97 Å². The summed E-state index contributed by atoms with van der Waals surface area (Å²) in [5.41, 5.74) is 0.679. The normalized spacial score (nSPS) is 9.55. The number of imidazole rings is 1. The van der Waals surface area contributed by atoms with Gasteiger partial charge in [0.2, 0.25) is 5.82 Å². The molecule has 1 N–H and O–H groups in total. The molecule has 0 saturated heterocycles. The number of hydrogen-bond donors (Lipinski definition) is 1. The quantitative estimate of drug-likeness (QED) is 0.514. The van der Waals surface area contributed by atoms with Crippen molar-refractivity contribution in [1.82, 2.24) is 9.97 Å². The lowest BCUT2D eigenvalue weighted by Gasteiger charge is -1.86. The van der Waals surface area contributed by atoms with Gasteiger partial charge in [-0.15, -0.1) is 0 Å². The largest absolute Gasteiger partial charge is 0.358 e. The van der Waals surface area contributed by atoms with E-state index < -0.39 is 4.92 Å². The molecule has 11 heavy (non-hydrogen) atoms. The molecule has 0 fully saturated rings. The molecule has 1 heterocycles. The molecule has 1 aromatic heterocycles. The molecule has 5 heteroatoms. The van der Waals surface area contributed by atoms with E-state index in [9.17, 15) is 10.1 Å². The number of nitrogens with one attached hydrogen (secondary N) is 1. The summed E-state index contributed by atoms with van der Waals surface area (Å²) in [5.74, 6) is 0.347. The Morgan fingerprint density at radius 1 is 1.91 bits per heavy atom. The molecule has 0 aromatic carbocycles. The standard InChI is InChI=1S/C6H7N3O2/c1-4(2)6-7-3-5(8-6)9(10)11/h3H,1H2,2H3,(H,7,8). The third kappa shape index (κ3) is 1.43. The molecule has 0 unspecified atom stereocenters. The molecular formula is C6H7N3O2. The maximum Gasteiger partial charge on any atom is 0.340 e. The smallest absolute Gasteiger partial charge is 0.340 e. The van der Waals surface area contributed by atoms with Crippen LogP contribution in [-0.2, 0) is 0 Å². The highest BCUT2D eigenvalue weighted by atomic mass is 16.6. The van der Waals surface area contributed by atoms with Crippen LogP contribution in [0.1, 0.15) is 12.7 Å². The number of nitro groups is 1. The summed E-state index contributed by atoms with van der Waals surface area (Å²) in [6.07, 6.45) is 1.17. The summed E-state index contributed by atoms with van der Waals surface area (Å²) in [6, 6.07) is 0. The van der Waals surface area contributed by atoms with E-state index in [0.29, 0.717) is 11.4 Å². The van der Waals surface area contributed by atoms with E-state index in [1.807, 2.05) is 0 Å². The highest BCUT2D eigenvalue weighted by Crippen LogP contribution is 2.11. The number of aromatic nitrogens is 2. The van der Waals surface area contributed by atoms with Gasteiger partial charge in [0.1, 0.15) is 6.20 Å². The van der Waals surface area contributed by atoms with Gasteiger partial charge in [-0.1, -0.05) is 6.58 Å². The second-order valence-corrected chi connectivity index (χ2v) is 2.15. The van der Waals surface area contributed by atoms with Crippen LogP contribution in [0.2, 0.25) is 0 Å². The van der Waals surface area contributed by atoms with E-state index in [-0.39, 0.29) is 5.82 Å². The Kier molecular flexibility index (Phi) is 1.72. The lowest BCUT2D eigenvalue weighted by molar-refractivity contribution is -0.389. The highest BCUT2D eigenvalue weighted by Gasteiger charge is 2.09. The Labute approximate surface area is 62.9 Å². The Hall–Kier alpha value is -1.65. The van der Waals surface area contributed by atoms with Crippen LogP contribution in [0.25, 0.3) is 5.57 Å². The van der Waals surface area contributed by atoms with Crippen molar-refractivity contribution in [2.24, 2.45) is 0 Å². The first-order chi connectivity index (χ1) is 5.11. The average molecular weight is 153 g/mol. The Balaban J connectivity index is 2.99. The lowest BCUT2D eigenvalue weighted by atomic mass is 10.3. The van der Waals surface area contributed by atoms with Crippen LogP contribution < -0.4 is 0 Å². The number of aromatic amines is 1. The van der Waals surface area contributed by atoms with Gasteiger partial charge in [0, 0.05) is 5.57 Å². The Morgan fingerprint density at radius 2 is 2.55 bits per heavy atom. The van der Waals surface area contributed by atoms with Gasteiger partial charge in [0.05, 0.1) is 0 Å². The number of hydrogen-bond acceptors (Lipinski definition) is 3. The first-order valence-electron chi connectivity index (χ1n) is 2.96. The van der Waals surface area contributed by atoms with Crippen molar-refractivity contribution in [3.63, 3.8) is 0 Å². The minimum atomic E-state index is -0.528.